The summed E-state index contributed by atoms with van der Waals surface area (Å²) in [6.45, 7) is 1.68. The van der Waals surface area contributed by atoms with E-state index in [1.54, 1.807) is 13.0 Å². The van der Waals surface area contributed by atoms with Gasteiger partial charge in [0.2, 0.25) is 0 Å². The molecule has 0 spiro atoms. The number of aromatic amines is 1. The van der Waals surface area contributed by atoms with Crippen LogP contribution in [0.15, 0.2) is 48.9 Å². The highest BCUT2D eigenvalue weighted by Gasteiger charge is 2.19. The van der Waals surface area contributed by atoms with E-state index in [9.17, 15) is 18.8 Å². The summed E-state index contributed by atoms with van der Waals surface area (Å²) >= 11 is 0. The molecule has 0 aliphatic heterocycles. The molecule has 0 aliphatic carbocycles. The SMILES string of the molecule is CCC(=O)c1nc[nH]c1C(=O)Nc1ccc(NC(=O)c2ccc(F)cc2)nc1. The van der Waals surface area contributed by atoms with E-state index in [-0.39, 0.29) is 35.0 Å². The van der Waals surface area contributed by atoms with Crippen molar-refractivity contribution in [1.82, 2.24) is 15.0 Å². The molecule has 3 aromatic rings. The molecule has 0 radical (unpaired) electrons. The molecule has 0 saturated carbocycles. The highest BCUT2D eigenvalue weighted by molar-refractivity contribution is 6.10. The molecule has 2 aromatic heterocycles. The van der Waals surface area contributed by atoms with Gasteiger partial charge in [0.1, 0.15) is 23.0 Å². The Morgan fingerprint density at radius 2 is 1.75 bits per heavy atom. The summed E-state index contributed by atoms with van der Waals surface area (Å²) < 4.78 is 12.9. The van der Waals surface area contributed by atoms with Crippen LogP contribution >= 0.6 is 0 Å². The summed E-state index contributed by atoms with van der Waals surface area (Å²) in [4.78, 5) is 46.8. The zero-order chi connectivity index (χ0) is 20.1. The van der Waals surface area contributed by atoms with Gasteiger partial charge in [-0.3, -0.25) is 14.4 Å². The first-order chi connectivity index (χ1) is 13.5. The molecule has 0 bridgehead atoms. The van der Waals surface area contributed by atoms with E-state index in [2.05, 4.69) is 25.6 Å². The molecule has 2 heterocycles. The van der Waals surface area contributed by atoms with Gasteiger partial charge in [0.25, 0.3) is 11.8 Å². The number of benzene rings is 1. The molecular weight excluding hydrogens is 365 g/mol. The quantitative estimate of drug-likeness (QED) is 0.568. The number of aromatic nitrogens is 3. The van der Waals surface area contributed by atoms with Gasteiger partial charge in [-0.15, -0.1) is 0 Å². The number of hydrogen-bond donors (Lipinski definition) is 3. The van der Waals surface area contributed by atoms with Crippen LogP contribution in [0.25, 0.3) is 0 Å². The van der Waals surface area contributed by atoms with Crippen molar-refractivity contribution in [1.29, 1.82) is 0 Å². The van der Waals surface area contributed by atoms with Crippen molar-refractivity contribution in [3.8, 4) is 0 Å². The minimum Gasteiger partial charge on any atom is -0.340 e. The number of imidazole rings is 1. The van der Waals surface area contributed by atoms with Gasteiger partial charge in [0.15, 0.2) is 5.78 Å². The average Bonchev–Trinajstić information content (AvgIpc) is 3.19. The van der Waals surface area contributed by atoms with Crippen molar-refractivity contribution < 1.29 is 18.8 Å². The topological polar surface area (TPSA) is 117 Å². The van der Waals surface area contributed by atoms with Gasteiger partial charge in [0.05, 0.1) is 18.2 Å². The highest BCUT2D eigenvalue weighted by atomic mass is 19.1. The van der Waals surface area contributed by atoms with Crippen LogP contribution in [0.5, 0.6) is 0 Å². The number of nitrogens with zero attached hydrogens (tertiary/aromatic N) is 2. The van der Waals surface area contributed by atoms with Gasteiger partial charge >= 0.3 is 0 Å². The van der Waals surface area contributed by atoms with Crippen molar-refractivity contribution in [2.24, 2.45) is 0 Å². The summed E-state index contributed by atoms with van der Waals surface area (Å²) in [5.74, 6) is -1.39. The number of amides is 2. The van der Waals surface area contributed by atoms with Crippen molar-refractivity contribution in [3.05, 3.63) is 71.7 Å². The second-order valence-electron chi connectivity index (χ2n) is 5.75. The van der Waals surface area contributed by atoms with Crippen LogP contribution in [-0.2, 0) is 0 Å². The van der Waals surface area contributed by atoms with E-state index in [1.165, 1.54) is 42.9 Å². The third-order valence-corrected chi connectivity index (χ3v) is 3.82. The van der Waals surface area contributed by atoms with Gasteiger partial charge < -0.3 is 15.6 Å². The molecule has 142 valence electrons. The number of nitrogens with one attached hydrogen (secondary N) is 3. The number of ketones is 1. The molecule has 3 rings (SSSR count). The number of carbonyl (C=O) groups is 3. The minimum atomic E-state index is -0.529. The van der Waals surface area contributed by atoms with Crippen molar-refractivity contribution in [2.45, 2.75) is 13.3 Å². The lowest BCUT2D eigenvalue weighted by atomic mass is 10.2. The fourth-order valence-electron chi connectivity index (χ4n) is 2.37. The molecule has 0 fully saturated rings. The first-order valence-electron chi connectivity index (χ1n) is 8.39. The van der Waals surface area contributed by atoms with Crippen LogP contribution in [0.2, 0.25) is 0 Å². The summed E-state index contributed by atoms with van der Waals surface area (Å²) in [5.41, 5.74) is 0.805. The molecule has 0 saturated heterocycles. The Morgan fingerprint density at radius 1 is 1.00 bits per heavy atom. The standard InChI is InChI=1S/C19H16FN5O3/c1-2-14(26)16-17(23-10-22-16)19(28)24-13-7-8-15(21-9-13)25-18(27)11-3-5-12(20)6-4-11/h3-10H,2H2,1H3,(H,22,23)(H,24,28)(H,21,25,27). The molecule has 3 N–H and O–H groups in total. The summed E-state index contributed by atoms with van der Waals surface area (Å²) in [6.07, 6.45) is 2.87. The van der Waals surface area contributed by atoms with Gasteiger partial charge in [-0.05, 0) is 36.4 Å². The Balaban J connectivity index is 1.65. The van der Waals surface area contributed by atoms with Gasteiger partial charge in [-0.1, -0.05) is 6.92 Å². The molecule has 0 aliphatic rings. The highest BCUT2D eigenvalue weighted by Crippen LogP contribution is 2.14. The second-order valence-corrected chi connectivity index (χ2v) is 5.75. The minimum absolute atomic E-state index is 0.0699. The van der Waals surface area contributed by atoms with Crippen LogP contribution in [-0.4, -0.2) is 32.5 Å². The van der Waals surface area contributed by atoms with E-state index in [1.807, 2.05) is 0 Å². The average molecular weight is 381 g/mol. The molecule has 28 heavy (non-hydrogen) atoms. The number of hydrogen-bond acceptors (Lipinski definition) is 5. The van der Waals surface area contributed by atoms with Crippen molar-refractivity contribution >= 4 is 29.1 Å². The van der Waals surface area contributed by atoms with Crippen LogP contribution in [0.1, 0.15) is 44.7 Å². The Labute approximate surface area is 159 Å². The third-order valence-electron chi connectivity index (χ3n) is 3.82. The van der Waals surface area contributed by atoms with Crippen LogP contribution in [0, 0.1) is 5.82 Å². The van der Waals surface area contributed by atoms with Crippen molar-refractivity contribution in [3.63, 3.8) is 0 Å². The van der Waals surface area contributed by atoms with Crippen LogP contribution in [0.3, 0.4) is 0 Å². The fourth-order valence-corrected chi connectivity index (χ4v) is 2.37. The number of pyridine rings is 1. The zero-order valence-corrected chi connectivity index (χ0v) is 14.8. The van der Waals surface area contributed by atoms with Gasteiger partial charge in [-0.2, -0.15) is 0 Å². The predicted octanol–water partition coefficient (Wildman–Crippen LogP) is 3.04. The smallest absolute Gasteiger partial charge is 0.274 e. The molecule has 0 unspecified atom stereocenters. The monoisotopic (exact) mass is 381 g/mol. The van der Waals surface area contributed by atoms with E-state index in [0.717, 1.165) is 0 Å². The molecule has 1 aromatic carbocycles. The number of anilines is 2. The molecule has 8 nitrogen and oxygen atoms in total. The largest absolute Gasteiger partial charge is 0.340 e. The van der Waals surface area contributed by atoms with Gasteiger partial charge in [0, 0.05) is 12.0 Å². The van der Waals surface area contributed by atoms with Crippen LogP contribution < -0.4 is 10.6 Å². The van der Waals surface area contributed by atoms with E-state index in [0.29, 0.717) is 5.69 Å². The molecule has 0 atom stereocenters. The summed E-state index contributed by atoms with van der Waals surface area (Å²) in [7, 11) is 0. The Morgan fingerprint density at radius 3 is 2.39 bits per heavy atom. The second kappa shape index (κ2) is 8.21. The van der Waals surface area contributed by atoms with E-state index >= 15 is 0 Å². The molecule has 9 heteroatoms. The summed E-state index contributed by atoms with van der Waals surface area (Å²) in [5, 5.41) is 5.17. The number of rotatable bonds is 6. The first kappa shape index (κ1) is 18.9. The van der Waals surface area contributed by atoms with E-state index in [4.69, 9.17) is 0 Å². The zero-order valence-electron chi connectivity index (χ0n) is 14.8. The third kappa shape index (κ3) is 4.26. The van der Waals surface area contributed by atoms with Gasteiger partial charge in [-0.25, -0.2) is 14.4 Å². The first-order valence-corrected chi connectivity index (χ1v) is 8.39. The summed E-state index contributed by atoms with van der Waals surface area (Å²) in [6, 6.07) is 8.14. The maximum Gasteiger partial charge on any atom is 0.274 e. The number of Topliss-reactive ketones (excluding diaryl/α,β-unsaturated/α-hetero) is 1. The molecule has 2 amide bonds. The normalized spacial score (nSPS) is 10.4. The van der Waals surface area contributed by atoms with Crippen molar-refractivity contribution in [2.75, 3.05) is 10.6 Å². The maximum atomic E-state index is 12.9. The lowest BCUT2D eigenvalue weighted by Gasteiger charge is -2.07. The molecular formula is C19H16FN5O3. The number of carbonyl (C=O) groups excluding carboxylic acids is 3. The Hall–Kier alpha value is -3.88. The Kier molecular flexibility index (Phi) is 5.54. The van der Waals surface area contributed by atoms with E-state index < -0.39 is 17.6 Å². The lowest BCUT2D eigenvalue weighted by molar-refractivity contribution is 0.0963. The Bertz CT molecular complexity index is 1010. The number of H-pyrrole nitrogens is 1. The maximum absolute atomic E-state index is 12.9. The predicted molar refractivity (Wildman–Crippen MR) is 99.8 cm³/mol. The number of halogens is 1. The lowest BCUT2D eigenvalue weighted by Crippen LogP contribution is -2.17. The fraction of sp³-hybridized carbons (Fsp3) is 0.105. The van der Waals surface area contributed by atoms with Crippen LogP contribution in [0.4, 0.5) is 15.9 Å².